The molecule has 358 valence electrons. The second kappa shape index (κ2) is 23.6. The predicted octanol–water partition coefficient (Wildman–Crippen LogP) is 8.80. The second-order valence-corrected chi connectivity index (χ2v) is 18.1. The molecule has 5 aromatic carbocycles. The Balaban J connectivity index is 0.851. The Morgan fingerprint density at radius 2 is 1.42 bits per heavy atom. The SMILES string of the molecule is CC/C(=C(\c1ccccc1)c1ccc(OCCN(C)C(=O)Oc2ccc(OCC(=O)N[C@H](C(=O)N3C[C@H](O)C[C@H]3C(=O)NCc3ccc(-c4scnc4C)cc3)C(C)C)cc2)cc1)c1ccccc1. The number of thiazole rings is 1. The van der Waals surface area contributed by atoms with Gasteiger partial charge in [-0.25, -0.2) is 9.78 Å². The van der Waals surface area contributed by atoms with Gasteiger partial charge < -0.3 is 39.8 Å². The van der Waals surface area contributed by atoms with Crippen LogP contribution in [0.3, 0.4) is 0 Å². The molecule has 2 heterocycles. The second-order valence-electron chi connectivity index (χ2n) is 17.2. The van der Waals surface area contributed by atoms with Crippen LogP contribution >= 0.6 is 11.3 Å². The minimum atomic E-state index is -0.969. The lowest BCUT2D eigenvalue weighted by atomic mass is 9.88. The number of rotatable bonds is 19. The van der Waals surface area contributed by atoms with Crippen molar-refractivity contribution in [2.75, 3.05) is 33.4 Å². The van der Waals surface area contributed by atoms with Gasteiger partial charge in [-0.15, -0.1) is 11.3 Å². The van der Waals surface area contributed by atoms with Gasteiger partial charge >= 0.3 is 6.09 Å². The summed E-state index contributed by atoms with van der Waals surface area (Å²) in [6, 6.07) is 41.0. The topological polar surface area (TPSA) is 160 Å². The lowest BCUT2D eigenvalue weighted by Crippen LogP contribution is -2.55. The van der Waals surface area contributed by atoms with Gasteiger partial charge in [0.25, 0.3) is 5.91 Å². The number of amides is 4. The van der Waals surface area contributed by atoms with Crippen LogP contribution < -0.4 is 24.8 Å². The number of benzene rings is 5. The Kier molecular flexibility index (Phi) is 17.0. The van der Waals surface area contributed by atoms with Crippen LogP contribution in [-0.4, -0.2) is 95.2 Å². The van der Waals surface area contributed by atoms with Crippen LogP contribution in [0.2, 0.25) is 0 Å². The lowest BCUT2D eigenvalue weighted by Gasteiger charge is -2.30. The van der Waals surface area contributed by atoms with E-state index in [4.69, 9.17) is 14.2 Å². The van der Waals surface area contributed by atoms with E-state index in [2.05, 4.69) is 71.1 Å². The van der Waals surface area contributed by atoms with Crippen molar-refractivity contribution >= 4 is 46.3 Å². The van der Waals surface area contributed by atoms with Crippen molar-refractivity contribution < 1.29 is 38.5 Å². The number of β-amino-alcohol motifs (C(OH)–C–C–N with tert-alkyl or cyclic N) is 1. The molecular formula is C55H59N5O8S. The number of aliphatic hydroxyl groups is 1. The van der Waals surface area contributed by atoms with Crippen molar-refractivity contribution in [1.82, 2.24) is 25.4 Å². The Morgan fingerprint density at radius 3 is 2.04 bits per heavy atom. The summed E-state index contributed by atoms with van der Waals surface area (Å²) in [6.45, 7) is 8.05. The number of likely N-dealkylation sites (tertiary alicyclic amines) is 1. The summed E-state index contributed by atoms with van der Waals surface area (Å²) in [4.78, 5) is 61.5. The molecule has 14 heteroatoms. The average molecular weight is 950 g/mol. The van der Waals surface area contributed by atoms with E-state index in [0.717, 1.165) is 39.2 Å². The smallest absolute Gasteiger partial charge is 0.415 e. The molecule has 0 unspecified atom stereocenters. The summed E-state index contributed by atoms with van der Waals surface area (Å²) >= 11 is 1.57. The first kappa shape index (κ1) is 49.6. The summed E-state index contributed by atoms with van der Waals surface area (Å²) in [6.07, 6.45) is -0.515. The minimum absolute atomic E-state index is 0.0327. The number of allylic oxidation sites excluding steroid dienone is 1. The van der Waals surface area contributed by atoms with Gasteiger partial charge in [0.15, 0.2) is 6.61 Å². The van der Waals surface area contributed by atoms with E-state index < -0.39 is 42.7 Å². The summed E-state index contributed by atoms with van der Waals surface area (Å²) < 4.78 is 17.3. The van der Waals surface area contributed by atoms with Crippen molar-refractivity contribution in [3.05, 3.63) is 167 Å². The van der Waals surface area contributed by atoms with Crippen LogP contribution in [0.5, 0.6) is 17.2 Å². The molecule has 0 aliphatic carbocycles. The highest BCUT2D eigenvalue weighted by Crippen LogP contribution is 2.35. The normalized spacial score (nSPS) is 15.2. The molecule has 1 saturated heterocycles. The third kappa shape index (κ3) is 13.0. The van der Waals surface area contributed by atoms with E-state index in [-0.39, 0.29) is 50.2 Å². The first-order chi connectivity index (χ1) is 33.4. The summed E-state index contributed by atoms with van der Waals surface area (Å²) in [5.41, 5.74) is 10.5. The van der Waals surface area contributed by atoms with Crippen LogP contribution in [0.25, 0.3) is 21.6 Å². The fourth-order valence-electron chi connectivity index (χ4n) is 8.20. The summed E-state index contributed by atoms with van der Waals surface area (Å²) in [5.74, 6) is -0.425. The Hall–Kier alpha value is -7.29. The highest BCUT2D eigenvalue weighted by Gasteiger charge is 2.42. The van der Waals surface area contributed by atoms with Crippen molar-refractivity contribution in [3.8, 4) is 27.7 Å². The number of hydrogen-bond donors (Lipinski definition) is 3. The molecule has 1 aliphatic rings. The number of aromatic nitrogens is 1. The number of carbonyl (C=O) groups excluding carboxylic acids is 4. The Bertz CT molecular complexity index is 2690. The minimum Gasteiger partial charge on any atom is -0.492 e. The molecule has 1 fully saturated rings. The Labute approximate surface area is 407 Å². The molecule has 7 rings (SSSR count). The van der Waals surface area contributed by atoms with Gasteiger partial charge in [-0.2, -0.15) is 0 Å². The largest absolute Gasteiger partial charge is 0.492 e. The summed E-state index contributed by atoms with van der Waals surface area (Å²) in [5, 5.41) is 16.2. The van der Waals surface area contributed by atoms with E-state index in [1.165, 1.54) is 26.5 Å². The van der Waals surface area contributed by atoms with Gasteiger partial charge in [0.05, 0.1) is 28.7 Å². The number of carbonyl (C=O) groups is 4. The molecular weight excluding hydrogens is 891 g/mol. The zero-order chi connectivity index (χ0) is 48.9. The van der Waals surface area contributed by atoms with Crippen molar-refractivity contribution in [2.45, 2.75) is 65.3 Å². The Morgan fingerprint density at radius 1 is 0.812 bits per heavy atom. The molecule has 3 atom stereocenters. The van der Waals surface area contributed by atoms with Crippen molar-refractivity contribution in [1.29, 1.82) is 0 Å². The molecule has 6 aromatic rings. The number of likely N-dealkylation sites (N-methyl/N-ethyl adjacent to an activating group) is 1. The summed E-state index contributed by atoms with van der Waals surface area (Å²) in [7, 11) is 1.63. The zero-order valence-corrected chi connectivity index (χ0v) is 40.4. The van der Waals surface area contributed by atoms with Crippen molar-refractivity contribution in [3.63, 3.8) is 0 Å². The number of aliphatic hydroxyl groups excluding tert-OH is 1. The molecule has 3 N–H and O–H groups in total. The zero-order valence-electron chi connectivity index (χ0n) is 39.6. The first-order valence-electron chi connectivity index (χ1n) is 23.2. The molecule has 1 aliphatic heterocycles. The maximum absolute atomic E-state index is 13.9. The number of ether oxygens (including phenoxy) is 3. The fourth-order valence-corrected chi connectivity index (χ4v) is 9.01. The van der Waals surface area contributed by atoms with E-state index in [0.29, 0.717) is 11.5 Å². The van der Waals surface area contributed by atoms with E-state index in [1.807, 2.05) is 73.1 Å². The van der Waals surface area contributed by atoms with Gasteiger partial charge in [-0.3, -0.25) is 14.4 Å². The van der Waals surface area contributed by atoms with E-state index in [9.17, 15) is 24.3 Å². The third-order valence-corrected chi connectivity index (χ3v) is 12.9. The molecule has 69 heavy (non-hydrogen) atoms. The van der Waals surface area contributed by atoms with E-state index >= 15 is 0 Å². The maximum Gasteiger partial charge on any atom is 0.415 e. The van der Waals surface area contributed by atoms with E-state index in [1.54, 1.807) is 56.5 Å². The molecule has 0 spiro atoms. The number of nitrogens with zero attached hydrogens (tertiary/aromatic N) is 3. The monoisotopic (exact) mass is 949 g/mol. The maximum atomic E-state index is 13.9. The predicted molar refractivity (Wildman–Crippen MR) is 269 cm³/mol. The fraction of sp³-hybridized carbons (Fsp3) is 0.291. The first-order valence-corrected chi connectivity index (χ1v) is 24.0. The number of nitrogens with one attached hydrogen (secondary N) is 2. The van der Waals surface area contributed by atoms with Crippen LogP contribution in [0, 0.1) is 12.8 Å². The molecule has 0 radical (unpaired) electrons. The molecule has 0 saturated carbocycles. The number of hydrogen-bond acceptors (Lipinski definition) is 10. The third-order valence-electron chi connectivity index (χ3n) is 11.9. The highest BCUT2D eigenvalue weighted by atomic mass is 32.1. The van der Waals surface area contributed by atoms with Gasteiger partial charge in [0.1, 0.15) is 35.9 Å². The molecule has 4 amide bonds. The highest BCUT2D eigenvalue weighted by molar-refractivity contribution is 7.13. The van der Waals surface area contributed by atoms with Gasteiger partial charge in [-0.05, 0) is 94.6 Å². The average Bonchev–Trinajstić information content (AvgIpc) is 3.99. The molecule has 0 bridgehead atoms. The van der Waals surface area contributed by atoms with Gasteiger partial charge in [-0.1, -0.05) is 118 Å². The van der Waals surface area contributed by atoms with Crippen LogP contribution in [-0.2, 0) is 20.9 Å². The van der Waals surface area contributed by atoms with Crippen LogP contribution in [0.1, 0.15) is 61.6 Å². The quantitative estimate of drug-likeness (QED) is 0.0675. The molecule has 1 aromatic heterocycles. The van der Waals surface area contributed by atoms with Crippen molar-refractivity contribution in [2.24, 2.45) is 5.92 Å². The lowest BCUT2D eigenvalue weighted by molar-refractivity contribution is -0.142. The molecule has 13 nitrogen and oxygen atoms in total. The van der Waals surface area contributed by atoms with Gasteiger partial charge in [0.2, 0.25) is 11.8 Å². The van der Waals surface area contributed by atoms with Crippen LogP contribution in [0.4, 0.5) is 4.79 Å². The van der Waals surface area contributed by atoms with Gasteiger partial charge in [0, 0.05) is 26.6 Å². The number of aryl methyl sites for hydroxylation is 1. The standard InChI is InChI=1S/C55H59N5O8S/c1-6-47(39-13-9-7-10-14-39)50(40-15-11-8-12-16-40)41-21-23-44(24-22-41)66-30-29-59(5)55(65)68-46-27-25-45(26-28-46)67-34-49(62)58-51(36(2)3)54(64)60-33-43(61)31-48(60)53(63)56-32-38-17-19-42(20-18-38)52-37(4)57-35-69-52/h7-28,35-36,43,48,51,61H,6,29-34H2,1-5H3,(H,56,63)(H,58,62)/b50-47-/t43-,48+,51+/m1/s1. The van der Waals surface area contributed by atoms with Crippen LogP contribution in [0.15, 0.2) is 139 Å².